The molecule has 0 saturated heterocycles. The highest BCUT2D eigenvalue weighted by Gasteiger charge is 2.69. The second-order valence-electron chi connectivity index (χ2n) is 27.0. The SMILES string of the molecule is C1=C(c2ccccc2)CCC=C1N(c1ccc(-c2ccc(-c3cccc4c3-c3ccccc3C3CC56CC(CCC78CC(CCC4(C3)C75)c3ccccc3-c3ccccc38)c3ccccc3-c3ccccc36)cc2)cc1)c1cccc(-c2ccccc2)c1. The van der Waals surface area contributed by atoms with Crippen molar-refractivity contribution in [2.75, 3.05) is 4.90 Å². The van der Waals surface area contributed by atoms with Gasteiger partial charge in [0, 0.05) is 33.3 Å². The molecule has 0 radical (unpaired) electrons. The van der Waals surface area contributed by atoms with Crippen molar-refractivity contribution in [1.82, 2.24) is 0 Å². The number of rotatable bonds is 7. The summed E-state index contributed by atoms with van der Waals surface area (Å²) in [6.45, 7) is 0. The molecule has 7 unspecified atom stereocenters. The van der Waals surface area contributed by atoms with E-state index in [-0.39, 0.29) is 16.2 Å². The number of allylic oxidation sites excluding steroid dienone is 3. The zero-order valence-electron chi connectivity index (χ0n) is 50.0. The maximum absolute atomic E-state index is 2.66. The van der Waals surface area contributed by atoms with Gasteiger partial charge in [0.25, 0.3) is 0 Å². The van der Waals surface area contributed by atoms with Crippen LogP contribution in [0.3, 0.4) is 0 Å². The predicted molar refractivity (Wildman–Crippen MR) is 366 cm³/mol. The average molecular weight is 1130 g/mol. The Hall–Kier alpha value is -9.30. The first-order valence-corrected chi connectivity index (χ1v) is 32.8. The van der Waals surface area contributed by atoms with Crippen LogP contribution in [0.4, 0.5) is 11.4 Å². The first-order chi connectivity index (χ1) is 43.5. The summed E-state index contributed by atoms with van der Waals surface area (Å²) in [5, 5.41) is 0. The van der Waals surface area contributed by atoms with E-state index in [1.807, 2.05) is 0 Å². The van der Waals surface area contributed by atoms with E-state index < -0.39 is 0 Å². The van der Waals surface area contributed by atoms with Crippen LogP contribution in [0.25, 0.3) is 72.3 Å². The molecule has 0 amide bonds. The van der Waals surface area contributed by atoms with Crippen molar-refractivity contribution in [1.29, 1.82) is 0 Å². The summed E-state index contributed by atoms with van der Waals surface area (Å²) in [6.07, 6.45) is 16.3. The van der Waals surface area contributed by atoms with Crippen LogP contribution in [-0.4, -0.2) is 0 Å². The summed E-state index contributed by atoms with van der Waals surface area (Å²) in [5.74, 6) is 1.68. The van der Waals surface area contributed by atoms with E-state index in [4.69, 9.17) is 0 Å². The fraction of sp³-hybridized carbons (Fsp3) is 0.195. The quantitative estimate of drug-likeness (QED) is 0.154. The minimum atomic E-state index is -0.120. The van der Waals surface area contributed by atoms with Crippen molar-refractivity contribution in [2.24, 2.45) is 5.92 Å². The van der Waals surface area contributed by atoms with Crippen molar-refractivity contribution in [3.8, 4) is 66.8 Å². The Morgan fingerprint density at radius 1 is 0.318 bits per heavy atom. The Balaban J connectivity index is 0.787. The van der Waals surface area contributed by atoms with Crippen molar-refractivity contribution in [2.45, 2.75) is 98.2 Å². The molecule has 7 aliphatic carbocycles. The summed E-state index contributed by atoms with van der Waals surface area (Å²) >= 11 is 0. The van der Waals surface area contributed by atoms with Gasteiger partial charge in [-0.15, -0.1) is 0 Å². The lowest BCUT2D eigenvalue weighted by Crippen LogP contribution is -2.60. The average Bonchev–Trinajstić information content (AvgIpc) is 1.43. The number of nitrogens with zero attached hydrogens (tertiary/aromatic N) is 1. The molecule has 0 heterocycles. The second kappa shape index (κ2) is 20.4. The highest BCUT2D eigenvalue weighted by Crippen LogP contribution is 2.76. The number of benzene rings is 11. The number of hydrogen-bond acceptors (Lipinski definition) is 1. The summed E-state index contributed by atoms with van der Waals surface area (Å²) in [4.78, 5) is 2.46. The van der Waals surface area contributed by atoms with Crippen LogP contribution in [-0.2, 0) is 16.2 Å². The normalized spacial score (nSPS) is 24.0. The van der Waals surface area contributed by atoms with Gasteiger partial charge in [0.2, 0.25) is 0 Å². The smallest absolute Gasteiger partial charge is 0.0467 e. The summed E-state index contributed by atoms with van der Waals surface area (Å²) in [7, 11) is 0. The van der Waals surface area contributed by atoms with E-state index >= 15 is 0 Å². The molecule has 18 rings (SSSR count). The van der Waals surface area contributed by atoms with E-state index in [0.29, 0.717) is 23.7 Å². The lowest BCUT2D eigenvalue weighted by Gasteiger charge is -2.63. The predicted octanol–water partition coefficient (Wildman–Crippen LogP) is 22.8. The first kappa shape index (κ1) is 51.9. The Morgan fingerprint density at radius 3 is 1.44 bits per heavy atom. The van der Waals surface area contributed by atoms with Gasteiger partial charge in [0.1, 0.15) is 0 Å². The van der Waals surface area contributed by atoms with Gasteiger partial charge in [-0.3, -0.25) is 0 Å². The van der Waals surface area contributed by atoms with Crippen molar-refractivity contribution < 1.29 is 0 Å². The fourth-order valence-electron chi connectivity index (χ4n) is 19.8. The van der Waals surface area contributed by atoms with Gasteiger partial charge in [-0.1, -0.05) is 255 Å². The van der Waals surface area contributed by atoms with Gasteiger partial charge < -0.3 is 4.90 Å². The largest absolute Gasteiger partial charge is 0.311 e. The van der Waals surface area contributed by atoms with Crippen molar-refractivity contribution in [3.05, 3.63) is 330 Å². The molecule has 0 N–H and O–H groups in total. The standard InChI is InChI=1S/C87H71N/c1-3-20-58(21-4-1)63-24-17-26-69(52-63)88(70-27-18-25-64(53-70)59-22-5-2-6-23-59)68-46-44-61(45-47-68)60-40-42-62(43-41-60)74-36-19-39-82-83(74)79-35-12-9-30-73(79)67-56-86(82)51-49-65-54-85(80-37-15-13-33-77(80)75-31-10-7-28-71(65)75)50-48-66-55-87(57-67,84(85)86)81-38-16-14-34-78(81)76-32-11-8-29-72(66)76/h1-17,19-24,26-47,52-53,65-67,84H,18,25,48-51,54-57H2. The summed E-state index contributed by atoms with van der Waals surface area (Å²) < 4.78 is 0. The van der Waals surface area contributed by atoms with E-state index in [9.17, 15) is 0 Å². The molecule has 3 spiro atoms. The molecule has 6 bridgehead atoms. The molecule has 3 saturated carbocycles. The third kappa shape index (κ3) is 7.91. The van der Waals surface area contributed by atoms with Crippen LogP contribution in [0.5, 0.6) is 0 Å². The van der Waals surface area contributed by atoms with Crippen LogP contribution >= 0.6 is 0 Å². The third-order valence-electron chi connectivity index (χ3n) is 22.9. The van der Waals surface area contributed by atoms with Crippen molar-refractivity contribution in [3.63, 3.8) is 0 Å². The number of fused-ring (bicyclic) bond motifs is 15. The third-order valence-corrected chi connectivity index (χ3v) is 22.9. The monoisotopic (exact) mass is 1130 g/mol. The van der Waals surface area contributed by atoms with E-state index in [1.165, 1.54) is 129 Å². The van der Waals surface area contributed by atoms with Crippen LogP contribution in [0, 0.1) is 5.92 Å². The van der Waals surface area contributed by atoms with E-state index in [0.717, 1.165) is 30.6 Å². The van der Waals surface area contributed by atoms with E-state index in [1.54, 1.807) is 33.4 Å². The van der Waals surface area contributed by atoms with Gasteiger partial charge in [-0.25, -0.2) is 0 Å². The molecule has 0 aromatic heterocycles. The van der Waals surface area contributed by atoms with Crippen LogP contribution in [0.15, 0.2) is 291 Å². The maximum Gasteiger partial charge on any atom is 0.0467 e. The van der Waals surface area contributed by atoms with Crippen LogP contribution in [0.1, 0.15) is 121 Å². The van der Waals surface area contributed by atoms with Crippen LogP contribution in [0.2, 0.25) is 0 Å². The first-order valence-electron chi connectivity index (χ1n) is 32.8. The van der Waals surface area contributed by atoms with E-state index in [2.05, 4.69) is 290 Å². The Bertz CT molecular complexity index is 4600. The Kier molecular flexibility index (Phi) is 12.0. The maximum atomic E-state index is 2.66. The van der Waals surface area contributed by atoms with Crippen LogP contribution < -0.4 is 4.90 Å². The lowest BCUT2D eigenvalue weighted by atomic mass is 9.40. The molecule has 1 nitrogen and oxygen atoms in total. The van der Waals surface area contributed by atoms with Gasteiger partial charge in [0.15, 0.2) is 0 Å². The van der Waals surface area contributed by atoms with Crippen molar-refractivity contribution >= 4 is 16.9 Å². The zero-order valence-corrected chi connectivity index (χ0v) is 50.0. The Morgan fingerprint density at radius 2 is 0.773 bits per heavy atom. The highest BCUT2D eigenvalue weighted by molar-refractivity contribution is 5.91. The lowest BCUT2D eigenvalue weighted by molar-refractivity contribution is 0.00246. The molecule has 11 aromatic carbocycles. The molecular formula is C87H71N. The number of hydrogen-bond donors (Lipinski definition) is 0. The topological polar surface area (TPSA) is 3.24 Å². The molecule has 7 atom stereocenters. The molecule has 3 fully saturated rings. The van der Waals surface area contributed by atoms with Gasteiger partial charge in [-0.2, -0.15) is 0 Å². The summed E-state index contributed by atoms with van der Waals surface area (Å²) in [5.41, 5.74) is 31.8. The zero-order chi connectivity index (χ0) is 58.0. The molecule has 7 aliphatic rings. The van der Waals surface area contributed by atoms with Gasteiger partial charge in [0.05, 0.1) is 0 Å². The minimum Gasteiger partial charge on any atom is -0.311 e. The fourth-order valence-corrected chi connectivity index (χ4v) is 19.8. The van der Waals surface area contributed by atoms with Gasteiger partial charge in [-0.05, 0) is 230 Å². The molecule has 88 heavy (non-hydrogen) atoms. The number of anilines is 2. The highest BCUT2D eigenvalue weighted by atomic mass is 15.1. The molecule has 11 aromatic rings. The molecular weight excluding hydrogens is 1060 g/mol. The molecule has 424 valence electrons. The Labute approximate surface area is 519 Å². The second-order valence-corrected chi connectivity index (χ2v) is 27.0. The minimum absolute atomic E-state index is 0.0741. The van der Waals surface area contributed by atoms with Gasteiger partial charge >= 0.3 is 0 Å². The molecule has 0 aliphatic heterocycles. The summed E-state index contributed by atoms with van der Waals surface area (Å²) in [6, 6.07) is 106. The molecule has 1 heteroatoms.